The molecule has 1 aromatic carbocycles. The van der Waals surface area contributed by atoms with Crippen LogP contribution in [0.25, 0.3) is 0 Å². The van der Waals surface area contributed by atoms with Crippen molar-refractivity contribution >= 4 is 15.9 Å². The molecule has 0 fully saturated rings. The number of rotatable bonds is 4. The molecule has 1 aliphatic heterocycles. The number of halogens is 1. The first-order valence-electron chi connectivity index (χ1n) is 6.51. The van der Waals surface area contributed by atoms with Gasteiger partial charge >= 0.3 is 0 Å². The quantitative estimate of drug-likeness (QED) is 0.932. The van der Waals surface area contributed by atoms with Crippen molar-refractivity contribution in [2.75, 3.05) is 13.2 Å². The van der Waals surface area contributed by atoms with Crippen LogP contribution in [0.5, 0.6) is 5.75 Å². The lowest BCUT2D eigenvalue weighted by Crippen LogP contribution is -2.21. The zero-order valence-electron chi connectivity index (χ0n) is 10.8. The van der Waals surface area contributed by atoms with E-state index in [0.717, 1.165) is 35.6 Å². The van der Waals surface area contributed by atoms with E-state index in [1.54, 1.807) is 6.26 Å². The van der Waals surface area contributed by atoms with Crippen LogP contribution in [-0.2, 0) is 6.42 Å². The van der Waals surface area contributed by atoms with Crippen LogP contribution in [0.3, 0.4) is 0 Å². The molecule has 0 saturated heterocycles. The normalized spacial score (nSPS) is 15.1. The first-order chi connectivity index (χ1) is 9.29. The van der Waals surface area contributed by atoms with Crippen LogP contribution in [0.1, 0.15) is 29.9 Å². The van der Waals surface area contributed by atoms with Crippen molar-refractivity contribution in [1.29, 1.82) is 0 Å². The molecule has 1 N–H and O–H groups in total. The molecule has 0 amide bonds. The van der Waals surface area contributed by atoms with Crippen molar-refractivity contribution in [2.45, 2.75) is 19.4 Å². The molecule has 0 radical (unpaired) electrons. The summed E-state index contributed by atoms with van der Waals surface area (Å²) >= 11 is 3.54. The van der Waals surface area contributed by atoms with Crippen molar-refractivity contribution in [1.82, 2.24) is 5.32 Å². The number of benzene rings is 1. The molecule has 4 heteroatoms. The molecule has 0 saturated carbocycles. The molecule has 1 aromatic heterocycles. The first kappa shape index (κ1) is 12.8. The number of hydrogen-bond acceptors (Lipinski definition) is 3. The van der Waals surface area contributed by atoms with Crippen LogP contribution in [0, 0.1) is 0 Å². The van der Waals surface area contributed by atoms with Gasteiger partial charge in [-0.1, -0.05) is 13.0 Å². The van der Waals surface area contributed by atoms with Crippen LogP contribution >= 0.6 is 15.9 Å². The summed E-state index contributed by atoms with van der Waals surface area (Å²) in [7, 11) is 0. The Balaban J connectivity index is 1.98. The smallest absolute Gasteiger partial charge is 0.139 e. The van der Waals surface area contributed by atoms with E-state index < -0.39 is 0 Å². The highest BCUT2D eigenvalue weighted by Crippen LogP contribution is 2.33. The summed E-state index contributed by atoms with van der Waals surface area (Å²) in [5, 5.41) is 3.47. The van der Waals surface area contributed by atoms with E-state index in [1.807, 2.05) is 6.07 Å². The minimum atomic E-state index is 0.0697. The highest BCUT2D eigenvalue weighted by Gasteiger charge is 2.21. The fourth-order valence-corrected chi connectivity index (χ4v) is 2.89. The maximum Gasteiger partial charge on any atom is 0.139 e. The third-order valence-corrected chi connectivity index (χ3v) is 4.02. The van der Waals surface area contributed by atoms with Gasteiger partial charge in [0.1, 0.15) is 11.5 Å². The summed E-state index contributed by atoms with van der Waals surface area (Å²) in [6, 6.07) is 8.37. The molecule has 19 heavy (non-hydrogen) atoms. The minimum absolute atomic E-state index is 0.0697. The summed E-state index contributed by atoms with van der Waals surface area (Å²) in [6.07, 6.45) is 2.70. The molecule has 0 bridgehead atoms. The van der Waals surface area contributed by atoms with E-state index in [-0.39, 0.29) is 6.04 Å². The van der Waals surface area contributed by atoms with E-state index >= 15 is 0 Å². The third kappa shape index (κ3) is 2.42. The number of nitrogens with one attached hydrogen (secondary N) is 1. The van der Waals surface area contributed by atoms with Gasteiger partial charge in [-0.2, -0.15) is 0 Å². The van der Waals surface area contributed by atoms with Gasteiger partial charge in [0.25, 0.3) is 0 Å². The number of hydrogen-bond donors (Lipinski definition) is 1. The summed E-state index contributed by atoms with van der Waals surface area (Å²) in [6.45, 7) is 3.76. The highest BCUT2D eigenvalue weighted by molar-refractivity contribution is 9.10. The Morgan fingerprint density at radius 1 is 1.37 bits per heavy atom. The van der Waals surface area contributed by atoms with Gasteiger partial charge in [-0.15, -0.1) is 0 Å². The fraction of sp³-hybridized carbons (Fsp3) is 0.333. The second-order valence-corrected chi connectivity index (χ2v) is 5.44. The molecular weight excluding hydrogens is 306 g/mol. The maximum atomic E-state index is 5.61. The monoisotopic (exact) mass is 321 g/mol. The van der Waals surface area contributed by atoms with Gasteiger partial charge in [-0.3, -0.25) is 0 Å². The molecule has 1 aliphatic rings. The Kier molecular flexibility index (Phi) is 3.62. The SMILES string of the molecule is CCNC(c1ccc2c(c1)CCO2)c1occc1Br. The summed E-state index contributed by atoms with van der Waals surface area (Å²) in [5.74, 6) is 1.93. The van der Waals surface area contributed by atoms with Gasteiger partial charge in [0.05, 0.1) is 23.4 Å². The Bertz CT molecular complexity index is 579. The molecular formula is C15H16BrNO2. The molecule has 100 valence electrons. The van der Waals surface area contributed by atoms with E-state index in [2.05, 4.69) is 46.4 Å². The predicted octanol–water partition coefficient (Wildman–Crippen LogP) is 3.68. The number of furan rings is 1. The number of fused-ring (bicyclic) bond motifs is 1. The minimum Gasteiger partial charge on any atom is -0.493 e. The summed E-state index contributed by atoms with van der Waals surface area (Å²) < 4.78 is 12.2. The molecule has 3 rings (SSSR count). The second-order valence-electron chi connectivity index (χ2n) is 4.59. The molecule has 2 heterocycles. The Morgan fingerprint density at radius 3 is 3.00 bits per heavy atom. The molecule has 0 spiro atoms. The van der Waals surface area contributed by atoms with Crippen molar-refractivity contribution < 1.29 is 9.15 Å². The second kappa shape index (κ2) is 5.39. The molecule has 2 aromatic rings. The zero-order valence-corrected chi connectivity index (χ0v) is 12.4. The van der Waals surface area contributed by atoms with Crippen molar-refractivity contribution in [2.24, 2.45) is 0 Å². The predicted molar refractivity (Wildman–Crippen MR) is 77.6 cm³/mol. The van der Waals surface area contributed by atoms with Crippen LogP contribution in [0.4, 0.5) is 0 Å². The largest absolute Gasteiger partial charge is 0.493 e. The van der Waals surface area contributed by atoms with Crippen LogP contribution in [0.2, 0.25) is 0 Å². The Labute approximate surface area is 121 Å². The van der Waals surface area contributed by atoms with Gasteiger partial charge in [-0.25, -0.2) is 0 Å². The van der Waals surface area contributed by atoms with Crippen LogP contribution in [-0.4, -0.2) is 13.2 Å². The van der Waals surface area contributed by atoms with Crippen molar-refractivity contribution in [3.63, 3.8) is 0 Å². The lowest BCUT2D eigenvalue weighted by Gasteiger charge is -2.17. The van der Waals surface area contributed by atoms with Crippen molar-refractivity contribution in [3.05, 3.63) is 51.9 Å². The topological polar surface area (TPSA) is 34.4 Å². The van der Waals surface area contributed by atoms with Gasteiger partial charge in [-0.05, 0) is 51.8 Å². The average Bonchev–Trinajstić information content (AvgIpc) is 3.03. The first-order valence-corrected chi connectivity index (χ1v) is 7.30. The lowest BCUT2D eigenvalue weighted by molar-refractivity contribution is 0.356. The third-order valence-electron chi connectivity index (χ3n) is 3.36. The van der Waals surface area contributed by atoms with Crippen LogP contribution in [0.15, 0.2) is 39.4 Å². The van der Waals surface area contributed by atoms with E-state index in [9.17, 15) is 0 Å². The van der Waals surface area contributed by atoms with E-state index in [0.29, 0.717) is 0 Å². The van der Waals surface area contributed by atoms with Gasteiger partial charge < -0.3 is 14.5 Å². The van der Waals surface area contributed by atoms with E-state index in [4.69, 9.17) is 9.15 Å². The van der Waals surface area contributed by atoms with Gasteiger partial charge in [0.15, 0.2) is 0 Å². The molecule has 3 nitrogen and oxygen atoms in total. The van der Waals surface area contributed by atoms with Crippen LogP contribution < -0.4 is 10.1 Å². The maximum absolute atomic E-state index is 5.61. The molecule has 1 atom stereocenters. The highest BCUT2D eigenvalue weighted by atomic mass is 79.9. The van der Waals surface area contributed by atoms with Gasteiger partial charge in [0.2, 0.25) is 0 Å². The molecule has 0 aliphatic carbocycles. The lowest BCUT2D eigenvalue weighted by atomic mass is 10.0. The van der Waals surface area contributed by atoms with Crippen molar-refractivity contribution in [3.8, 4) is 5.75 Å². The van der Waals surface area contributed by atoms with E-state index in [1.165, 1.54) is 11.1 Å². The summed E-state index contributed by atoms with van der Waals surface area (Å²) in [4.78, 5) is 0. The average molecular weight is 322 g/mol. The molecule has 1 unspecified atom stereocenters. The Morgan fingerprint density at radius 2 is 2.26 bits per heavy atom. The van der Waals surface area contributed by atoms with Gasteiger partial charge in [0, 0.05) is 6.42 Å². The zero-order chi connectivity index (χ0) is 13.2. The standard InChI is InChI=1S/C15H16BrNO2/c1-2-17-14(15-12(16)6-8-19-15)11-3-4-13-10(9-11)5-7-18-13/h3-4,6,8-9,14,17H,2,5,7H2,1H3. The number of ether oxygens (including phenoxy) is 1. The summed E-state index contributed by atoms with van der Waals surface area (Å²) in [5.41, 5.74) is 2.49. The Hall–Kier alpha value is -1.26. The fourth-order valence-electron chi connectivity index (χ4n) is 2.46.